The van der Waals surface area contributed by atoms with Crippen LogP contribution in [-0.4, -0.2) is 38.6 Å². The average Bonchev–Trinajstić information content (AvgIpc) is 2.90. The molecule has 0 spiro atoms. The summed E-state index contributed by atoms with van der Waals surface area (Å²) in [4.78, 5) is 40.1. The molecule has 40 heavy (non-hydrogen) atoms. The lowest BCUT2D eigenvalue weighted by molar-refractivity contribution is -0.147. The molecule has 0 saturated heterocycles. The van der Waals surface area contributed by atoms with Crippen LogP contribution in [0, 0.1) is 12.7 Å². The number of carbonyl (C=O) groups is 1. The molecule has 0 saturated carbocycles. The molecule has 3 aromatic heterocycles. The second kappa shape index (κ2) is 11.0. The molecule has 0 radical (unpaired) electrons. The summed E-state index contributed by atoms with van der Waals surface area (Å²) < 4.78 is 28.7. The number of anilines is 1. The minimum Gasteiger partial charge on any atom is -0.493 e. The Bertz CT molecular complexity index is 1670. The molecular weight excluding hydrogens is 513 g/mol. The SMILES string of the molecule is CCCNc1nc(=O)n2c3nc(c(C)cc13)-c1c(F)cccc1OCCC(OC(C)=O)c1ccnc(C(C)C)c1-2. The fourth-order valence-electron chi connectivity index (χ4n) is 5.10. The number of nitrogens with zero attached hydrogens (tertiary/aromatic N) is 4. The van der Waals surface area contributed by atoms with Gasteiger partial charge in [0, 0.05) is 31.6 Å². The third kappa shape index (κ3) is 4.89. The van der Waals surface area contributed by atoms with Crippen molar-refractivity contribution in [2.45, 2.75) is 59.5 Å². The van der Waals surface area contributed by atoms with Gasteiger partial charge >= 0.3 is 11.7 Å². The summed E-state index contributed by atoms with van der Waals surface area (Å²) in [5.74, 6) is -0.381. The van der Waals surface area contributed by atoms with Crippen LogP contribution in [0.3, 0.4) is 0 Å². The second-order valence-electron chi connectivity index (χ2n) is 10.2. The van der Waals surface area contributed by atoms with E-state index in [1.54, 1.807) is 24.4 Å². The summed E-state index contributed by atoms with van der Waals surface area (Å²) in [6.07, 6.45) is 1.95. The number of halogens is 1. The quantitative estimate of drug-likeness (QED) is 0.322. The van der Waals surface area contributed by atoms with Crippen LogP contribution in [-0.2, 0) is 9.53 Å². The number of aryl methyl sites for hydroxylation is 1. The topological polar surface area (TPSA) is 108 Å². The van der Waals surface area contributed by atoms with Gasteiger partial charge in [0.2, 0.25) is 0 Å². The Hall–Kier alpha value is -4.34. The molecule has 5 rings (SSSR count). The highest BCUT2D eigenvalue weighted by atomic mass is 19.1. The fourth-order valence-corrected chi connectivity index (χ4v) is 5.10. The number of benzene rings is 1. The van der Waals surface area contributed by atoms with Crippen molar-refractivity contribution < 1.29 is 18.7 Å². The van der Waals surface area contributed by atoms with Crippen molar-refractivity contribution in [2.75, 3.05) is 18.5 Å². The Morgan fingerprint density at radius 2 is 2.08 bits per heavy atom. The first-order valence-electron chi connectivity index (χ1n) is 13.5. The van der Waals surface area contributed by atoms with Crippen molar-refractivity contribution in [3.8, 4) is 22.7 Å². The van der Waals surface area contributed by atoms with Crippen LogP contribution in [0.15, 0.2) is 41.3 Å². The molecule has 1 atom stereocenters. The molecule has 1 aromatic carbocycles. The summed E-state index contributed by atoms with van der Waals surface area (Å²) >= 11 is 0. The Kier molecular flexibility index (Phi) is 7.51. The van der Waals surface area contributed by atoms with Gasteiger partial charge in [-0.25, -0.2) is 18.7 Å². The van der Waals surface area contributed by atoms with Crippen molar-refractivity contribution in [1.82, 2.24) is 19.5 Å². The molecule has 1 aliphatic heterocycles. The second-order valence-corrected chi connectivity index (χ2v) is 10.2. The van der Waals surface area contributed by atoms with E-state index in [-0.39, 0.29) is 30.2 Å². The average molecular weight is 546 g/mol. The summed E-state index contributed by atoms with van der Waals surface area (Å²) in [6, 6.07) is 8.20. The molecule has 1 N–H and O–H groups in total. The molecule has 208 valence electrons. The lowest BCUT2D eigenvalue weighted by atomic mass is 9.98. The minimum absolute atomic E-state index is 0.0972. The number of fused-ring (bicyclic) bond motifs is 5. The number of pyridine rings is 2. The van der Waals surface area contributed by atoms with E-state index in [9.17, 15) is 9.59 Å². The predicted molar refractivity (Wildman–Crippen MR) is 151 cm³/mol. The lowest BCUT2D eigenvalue weighted by Gasteiger charge is -2.26. The number of hydrogen-bond acceptors (Lipinski definition) is 8. The maximum atomic E-state index is 15.4. The van der Waals surface area contributed by atoms with Crippen LogP contribution >= 0.6 is 0 Å². The van der Waals surface area contributed by atoms with Crippen molar-refractivity contribution in [1.29, 1.82) is 0 Å². The molecule has 2 bridgehead atoms. The molecule has 4 heterocycles. The van der Waals surface area contributed by atoms with Crippen molar-refractivity contribution in [3.63, 3.8) is 0 Å². The van der Waals surface area contributed by atoms with Crippen LogP contribution in [0.4, 0.5) is 10.2 Å². The summed E-state index contributed by atoms with van der Waals surface area (Å²) in [7, 11) is 0. The molecular formula is C30H32FN5O4. The Morgan fingerprint density at radius 3 is 2.80 bits per heavy atom. The van der Waals surface area contributed by atoms with Crippen molar-refractivity contribution >= 4 is 22.8 Å². The standard InChI is InChI=1S/C30H32FN5O4/c1-6-12-33-28-20-15-17(4)26-24-21(31)8-7-9-23(24)39-14-11-22(40-18(5)37)19-10-13-32-25(16(2)3)27(19)36(29(20)34-26)30(38)35-28/h7-10,13,15-16,22H,6,11-12,14H2,1-5H3,(H,33,35,38). The van der Waals surface area contributed by atoms with Crippen LogP contribution < -0.4 is 15.7 Å². The van der Waals surface area contributed by atoms with E-state index in [0.29, 0.717) is 51.7 Å². The van der Waals surface area contributed by atoms with Gasteiger partial charge in [-0.15, -0.1) is 0 Å². The minimum atomic E-state index is -0.769. The molecule has 1 aliphatic rings. The molecule has 9 nitrogen and oxygen atoms in total. The largest absolute Gasteiger partial charge is 0.493 e. The number of nitrogens with one attached hydrogen (secondary N) is 1. The van der Waals surface area contributed by atoms with Gasteiger partial charge in [0.25, 0.3) is 0 Å². The van der Waals surface area contributed by atoms with E-state index in [4.69, 9.17) is 14.5 Å². The highest BCUT2D eigenvalue weighted by Crippen LogP contribution is 2.39. The first kappa shape index (κ1) is 27.2. The van der Waals surface area contributed by atoms with E-state index in [0.717, 1.165) is 6.42 Å². The number of hydrogen-bond donors (Lipinski definition) is 1. The van der Waals surface area contributed by atoms with Crippen LogP contribution in [0.5, 0.6) is 5.75 Å². The fraction of sp³-hybridized carbons (Fsp3) is 0.367. The smallest absolute Gasteiger partial charge is 0.355 e. The normalized spacial score (nSPS) is 14.6. The van der Waals surface area contributed by atoms with E-state index >= 15 is 4.39 Å². The maximum Gasteiger partial charge on any atom is 0.355 e. The first-order valence-corrected chi connectivity index (χ1v) is 13.5. The first-order chi connectivity index (χ1) is 19.2. The van der Waals surface area contributed by atoms with Gasteiger partial charge in [0.1, 0.15) is 23.5 Å². The summed E-state index contributed by atoms with van der Waals surface area (Å²) in [5, 5.41) is 3.84. The Balaban J connectivity index is 1.98. The van der Waals surface area contributed by atoms with Crippen LogP contribution in [0.2, 0.25) is 0 Å². The van der Waals surface area contributed by atoms with Gasteiger partial charge in [0.15, 0.2) is 5.65 Å². The Morgan fingerprint density at radius 1 is 1.27 bits per heavy atom. The molecule has 0 fully saturated rings. The van der Waals surface area contributed by atoms with E-state index in [1.807, 2.05) is 33.8 Å². The zero-order valence-electron chi connectivity index (χ0n) is 23.2. The van der Waals surface area contributed by atoms with Gasteiger partial charge in [-0.2, -0.15) is 4.98 Å². The van der Waals surface area contributed by atoms with Crippen molar-refractivity contribution in [3.05, 3.63) is 69.7 Å². The predicted octanol–water partition coefficient (Wildman–Crippen LogP) is 5.62. The van der Waals surface area contributed by atoms with Gasteiger partial charge in [-0.3, -0.25) is 9.78 Å². The van der Waals surface area contributed by atoms with Crippen LogP contribution in [0.25, 0.3) is 28.0 Å². The van der Waals surface area contributed by atoms with E-state index in [1.165, 1.54) is 17.6 Å². The van der Waals surface area contributed by atoms with Crippen LogP contribution in [0.1, 0.15) is 69.4 Å². The number of aromatic nitrogens is 4. The number of ether oxygens (including phenoxy) is 2. The maximum absolute atomic E-state index is 15.4. The van der Waals surface area contributed by atoms with E-state index < -0.39 is 23.6 Å². The molecule has 0 aliphatic carbocycles. The molecule has 1 unspecified atom stereocenters. The van der Waals surface area contributed by atoms with Gasteiger partial charge in [-0.05, 0) is 49.1 Å². The van der Waals surface area contributed by atoms with E-state index in [2.05, 4.69) is 15.3 Å². The third-order valence-electron chi connectivity index (χ3n) is 6.86. The number of rotatable bonds is 5. The summed E-state index contributed by atoms with van der Waals surface area (Å²) in [6.45, 7) is 9.84. The summed E-state index contributed by atoms with van der Waals surface area (Å²) in [5.41, 5.74) is 2.60. The highest BCUT2D eigenvalue weighted by Gasteiger charge is 2.29. The van der Waals surface area contributed by atoms with Gasteiger partial charge in [-0.1, -0.05) is 26.8 Å². The molecule has 4 aromatic rings. The zero-order chi connectivity index (χ0) is 28.6. The zero-order valence-corrected chi connectivity index (χ0v) is 23.2. The van der Waals surface area contributed by atoms with Gasteiger partial charge < -0.3 is 14.8 Å². The number of carbonyl (C=O) groups excluding carboxylic acids is 1. The highest BCUT2D eigenvalue weighted by molar-refractivity contribution is 5.91. The molecule has 0 amide bonds. The third-order valence-corrected chi connectivity index (χ3v) is 6.86. The number of esters is 1. The monoisotopic (exact) mass is 545 g/mol. The molecule has 10 heteroatoms. The Labute approximate surface area is 231 Å². The van der Waals surface area contributed by atoms with Gasteiger partial charge in [0.05, 0.1) is 34.6 Å². The lowest BCUT2D eigenvalue weighted by Crippen LogP contribution is -2.28. The van der Waals surface area contributed by atoms with Crippen molar-refractivity contribution in [2.24, 2.45) is 0 Å².